The highest BCUT2D eigenvalue weighted by molar-refractivity contribution is 9.10. The lowest BCUT2D eigenvalue weighted by atomic mass is 10.0. The van der Waals surface area contributed by atoms with Crippen LogP contribution in [0.4, 0.5) is 5.69 Å². The van der Waals surface area contributed by atoms with E-state index in [4.69, 9.17) is 0 Å². The Morgan fingerprint density at radius 2 is 1.31 bits per heavy atom. The van der Waals surface area contributed by atoms with E-state index >= 15 is 0 Å². The van der Waals surface area contributed by atoms with Crippen molar-refractivity contribution < 1.29 is 18.0 Å². The maximum absolute atomic E-state index is 14.5. The van der Waals surface area contributed by atoms with Gasteiger partial charge in [-0.3, -0.25) is 13.9 Å². The smallest absolute Gasteiger partial charge is 0.264 e. The largest absolute Gasteiger partial charge is 0.352 e. The first-order valence-corrected chi connectivity index (χ1v) is 17.9. The number of carbonyl (C=O) groups is 2. The van der Waals surface area contributed by atoms with E-state index in [0.29, 0.717) is 5.69 Å². The first-order chi connectivity index (χ1) is 21.7. The Morgan fingerprint density at radius 1 is 0.756 bits per heavy atom. The van der Waals surface area contributed by atoms with Crippen molar-refractivity contribution in [3.05, 3.63) is 129 Å². The first kappa shape index (κ1) is 32.9. The maximum atomic E-state index is 14.5. The van der Waals surface area contributed by atoms with E-state index in [9.17, 15) is 18.0 Å². The molecular formula is C35H35Br2N3O4S. The third kappa shape index (κ3) is 8.62. The second kappa shape index (κ2) is 15.2. The molecule has 0 bridgehead atoms. The summed E-state index contributed by atoms with van der Waals surface area (Å²) in [5.74, 6) is -0.722. The van der Waals surface area contributed by atoms with Gasteiger partial charge in [-0.15, -0.1) is 0 Å². The van der Waals surface area contributed by atoms with E-state index in [2.05, 4.69) is 37.2 Å². The van der Waals surface area contributed by atoms with Crippen LogP contribution in [-0.2, 0) is 32.6 Å². The molecule has 2 amide bonds. The monoisotopic (exact) mass is 751 g/mol. The molecule has 0 aliphatic heterocycles. The molecule has 0 saturated heterocycles. The molecule has 1 unspecified atom stereocenters. The molecule has 45 heavy (non-hydrogen) atoms. The fourth-order valence-electron chi connectivity index (χ4n) is 5.56. The van der Waals surface area contributed by atoms with Gasteiger partial charge in [0.2, 0.25) is 11.8 Å². The van der Waals surface area contributed by atoms with Gasteiger partial charge in [0.05, 0.1) is 10.6 Å². The van der Waals surface area contributed by atoms with Crippen molar-refractivity contribution in [3.63, 3.8) is 0 Å². The van der Waals surface area contributed by atoms with Crippen LogP contribution in [0.1, 0.15) is 36.8 Å². The lowest BCUT2D eigenvalue weighted by molar-refractivity contribution is -0.140. The summed E-state index contributed by atoms with van der Waals surface area (Å²) in [7, 11) is -4.13. The van der Waals surface area contributed by atoms with Crippen LogP contribution in [-0.4, -0.2) is 43.8 Å². The van der Waals surface area contributed by atoms with E-state index < -0.39 is 28.5 Å². The normalized spacial score (nSPS) is 14.1. The number of halogens is 2. The van der Waals surface area contributed by atoms with E-state index in [1.807, 2.05) is 54.6 Å². The zero-order valence-electron chi connectivity index (χ0n) is 24.7. The maximum Gasteiger partial charge on any atom is 0.264 e. The minimum Gasteiger partial charge on any atom is -0.352 e. The molecule has 0 aromatic heterocycles. The summed E-state index contributed by atoms with van der Waals surface area (Å²) in [5.41, 5.74) is 2.06. The summed E-state index contributed by atoms with van der Waals surface area (Å²) < 4.78 is 30.9. The molecule has 0 radical (unpaired) electrons. The average molecular weight is 754 g/mol. The van der Waals surface area contributed by atoms with Gasteiger partial charge in [-0.05, 0) is 72.5 Å². The van der Waals surface area contributed by atoms with Gasteiger partial charge in [0.15, 0.2) is 0 Å². The number of nitrogens with one attached hydrogen (secondary N) is 1. The molecule has 4 aromatic rings. The van der Waals surface area contributed by atoms with E-state index in [1.54, 1.807) is 42.5 Å². The Bertz CT molecular complexity index is 1680. The quantitative estimate of drug-likeness (QED) is 0.167. The lowest BCUT2D eigenvalue weighted by Gasteiger charge is -2.34. The minimum atomic E-state index is -4.13. The third-order valence-corrected chi connectivity index (χ3v) is 10.8. The molecule has 4 aromatic carbocycles. The van der Waals surface area contributed by atoms with Crippen molar-refractivity contribution >= 4 is 59.4 Å². The predicted octanol–water partition coefficient (Wildman–Crippen LogP) is 7.11. The van der Waals surface area contributed by atoms with Crippen molar-refractivity contribution in [1.29, 1.82) is 0 Å². The van der Waals surface area contributed by atoms with Gasteiger partial charge < -0.3 is 10.2 Å². The van der Waals surface area contributed by atoms with Gasteiger partial charge in [-0.2, -0.15) is 0 Å². The molecule has 1 saturated carbocycles. The number of anilines is 1. The molecule has 1 aliphatic carbocycles. The third-order valence-electron chi connectivity index (χ3n) is 7.96. The van der Waals surface area contributed by atoms with Crippen LogP contribution in [0.25, 0.3) is 0 Å². The van der Waals surface area contributed by atoms with Crippen LogP contribution >= 0.6 is 31.9 Å². The number of hydrogen-bond acceptors (Lipinski definition) is 4. The Labute approximate surface area is 281 Å². The van der Waals surface area contributed by atoms with Crippen molar-refractivity contribution in [1.82, 2.24) is 10.2 Å². The molecule has 0 heterocycles. The Balaban J connectivity index is 1.55. The molecule has 0 spiro atoms. The zero-order chi connectivity index (χ0) is 31.8. The average Bonchev–Trinajstić information content (AvgIpc) is 3.57. The summed E-state index contributed by atoms with van der Waals surface area (Å²) >= 11 is 6.89. The van der Waals surface area contributed by atoms with E-state index in [0.717, 1.165) is 50.1 Å². The number of hydrogen-bond donors (Lipinski definition) is 1. The Morgan fingerprint density at radius 3 is 1.91 bits per heavy atom. The van der Waals surface area contributed by atoms with E-state index in [-0.39, 0.29) is 29.8 Å². The highest BCUT2D eigenvalue weighted by Crippen LogP contribution is 2.27. The van der Waals surface area contributed by atoms with Gasteiger partial charge >= 0.3 is 0 Å². The van der Waals surface area contributed by atoms with Crippen molar-refractivity contribution in [2.75, 3.05) is 10.8 Å². The number of amides is 2. The number of benzene rings is 4. The standard InChI is InChI=1S/C35H35Br2N3O4S/c36-28-17-15-27(16-18-28)24-39(33(23-26-9-3-1-4-10-26)35(42)38-30-11-7-8-12-30)34(41)25-40(31-21-19-29(37)20-22-31)45(43,44)32-13-5-2-6-14-32/h1-6,9-10,13-22,30,33H,7-8,11-12,23-25H2,(H,38,42). The van der Waals surface area contributed by atoms with Gasteiger partial charge in [-0.1, -0.05) is 105 Å². The molecular weight excluding hydrogens is 718 g/mol. The summed E-state index contributed by atoms with van der Waals surface area (Å²) in [6, 6.07) is 31.2. The van der Waals surface area contributed by atoms with E-state index in [1.165, 1.54) is 17.0 Å². The van der Waals surface area contributed by atoms with Crippen LogP contribution in [0.15, 0.2) is 123 Å². The van der Waals surface area contributed by atoms with Crippen LogP contribution in [0.3, 0.4) is 0 Å². The van der Waals surface area contributed by atoms with Crippen molar-refractivity contribution in [3.8, 4) is 0 Å². The van der Waals surface area contributed by atoms with Gasteiger partial charge in [0, 0.05) is 28.0 Å². The van der Waals surface area contributed by atoms with Gasteiger partial charge in [-0.25, -0.2) is 8.42 Å². The Hall–Kier alpha value is -3.47. The molecule has 1 fully saturated rings. The van der Waals surface area contributed by atoms with Crippen LogP contribution in [0, 0.1) is 0 Å². The second-order valence-corrected chi connectivity index (χ2v) is 14.8. The summed E-state index contributed by atoms with van der Waals surface area (Å²) in [6.45, 7) is -0.362. The highest BCUT2D eigenvalue weighted by Gasteiger charge is 2.35. The van der Waals surface area contributed by atoms with Crippen molar-refractivity contribution in [2.45, 2.75) is 55.6 Å². The molecule has 234 valence electrons. The first-order valence-electron chi connectivity index (χ1n) is 14.9. The molecule has 7 nitrogen and oxygen atoms in total. The summed E-state index contributed by atoms with van der Waals surface area (Å²) in [4.78, 5) is 30.2. The highest BCUT2D eigenvalue weighted by atomic mass is 79.9. The fourth-order valence-corrected chi connectivity index (χ4v) is 7.53. The van der Waals surface area contributed by atoms with Gasteiger partial charge in [0.1, 0.15) is 12.6 Å². The molecule has 1 atom stereocenters. The SMILES string of the molecule is O=C(NC1CCCC1)C(Cc1ccccc1)N(Cc1ccc(Br)cc1)C(=O)CN(c1ccc(Br)cc1)S(=O)(=O)c1ccccc1. The number of sulfonamides is 1. The summed E-state index contributed by atoms with van der Waals surface area (Å²) in [5, 5.41) is 3.20. The molecule has 10 heteroatoms. The predicted molar refractivity (Wildman–Crippen MR) is 184 cm³/mol. The lowest BCUT2D eigenvalue weighted by Crippen LogP contribution is -2.54. The second-order valence-electron chi connectivity index (χ2n) is 11.1. The van der Waals surface area contributed by atoms with Crippen molar-refractivity contribution in [2.24, 2.45) is 0 Å². The molecule has 1 aliphatic rings. The topological polar surface area (TPSA) is 86.8 Å². The zero-order valence-corrected chi connectivity index (χ0v) is 28.7. The molecule has 1 N–H and O–H groups in total. The Kier molecular flexibility index (Phi) is 11.1. The van der Waals surface area contributed by atoms with Gasteiger partial charge in [0.25, 0.3) is 10.0 Å². The summed E-state index contributed by atoms with van der Waals surface area (Å²) in [6.07, 6.45) is 4.18. The number of rotatable bonds is 12. The van der Waals surface area contributed by atoms with Crippen LogP contribution < -0.4 is 9.62 Å². The molecule has 5 rings (SSSR count). The van der Waals surface area contributed by atoms with Crippen LogP contribution in [0.5, 0.6) is 0 Å². The minimum absolute atomic E-state index is 0.0538. The van der Waals surface area contributed by atoms with Crippen LogP contribution in [0.2, 0.25) is 0 Å². The number of carbonyl (C=O) groups excluding carboxylic acids is 2. The fraction of sp³-hybridized carbons (Fsp3) is 0.257. The number of nitrogens with zero attached hydrogens (tertiary/aromatic N) is 2.